The van der Waals surface area contributed by atoms with Crippen molar-refractivity contribution < 1.29 is 21.8 Å². The predicted molar refractivity (Wildman–Crippen MR) is 75.2 cm³/mol. The molecule has 0 saturated heterocycles. The van der Waals surface area contributed by atoms with E-state index in [2.05, 4.69) is 18.8 Å². The third-order valence-electron chi connectivity index (χ3n) is 2.91. The summed E-state index contributed by atoms with van der Waals surface area (Å²) in [6.45, 7) is 5.08. The minimum atomic E-state index is 0. The van der Waals surface area contributed by atoms with Gasteiger partial charge < -0.3 is 4.74 Å². The van der Waals surface area contributed by atoms with E-state index in [4.69, 9.17) is 4.74 Å². The van der Waals surface area contributed by atoms with E-state index in [0.717, 1.165) is 18.1 Å². The maximum Gasteiger partial charge on any atom is 2.00 e. The van der Waals surface area contributed by atoms with Crippen molar-refractivity contribution >= 4 is 5.90 Å². The van der Waals surface area contributed by atoms with E-state index in [-0.39, 0.29) is 17.1 Å². The van der Waals surface area contributed by atoms with Crippen LogP contribution in [0.4, 0.5) is 0 Å². The van der Waals surface area contributed by atoms with Gasteiger partial charge in [-0.15, -0.1) is 6.07 Å². The van der Waals surface area contributed by atoms with Gasteiger partial charge in [0.1, 0.15) is 5.90 Å². The molecule has 0 radical (unpaired) electrons. The Hall–Kier alpha value is -1.31. The first-order chi connectivity index (χ1) is 8.77. The van der Waals surface area contributed by atoms with Gasteiger partial charge in [0.25, 0.3) is 0 Å². The molecule has 0 N–H and O–H groups in total. The molecule has 1 heterocycles. The first-order valence-corrected chi connectivity index (χ1v) is 6.36. The quantitative estimate of drug-likeness (QED) is 0.613. The van der Waals surface area contributed by atoms with Crippen molar-refractivity contribution in [2.45, 2.75) is 19.9 Å². The molecule has 0 fully saturated rings. The number of nitrogens with zero attached hydrogens (tertiary/aromatic N) is 1. The molecule has 0 aliphatic carbocycles. The van der Waals surface area contributed by atoms with Crippen molar-refractivity contribution in [3.8, 4) is 0 Å². The zero-order chi connectivity index (χ0) is 12.8. The van der Waals surface area contributed by atoms with Gasteiger partial charge in [0, 0.05) is 0 Å². The van der Waals surface area contributed by atoms with Gasteiger partial charge in [-0.1, -0.05) is 19.4 Å². The maximum absolute atomic E-state index is 5.52. The Labute approximate surface area is 125 Å². The van der Waals surface area contributed by atoms with E-state index in [1.54, 1.807) is 0 Å². The van der Waals surface area contributed by atoms with Crippen molar-refractivity contribution in [2.24, 2.45) is 10.9 Å². The van der Waals surface area contributed by atoms with E-state index in [1.165, 1.54) is 0 Å². The zero-order valence-electron chi connectivity index (χ0n) is 11.3. The van der Waals surface area contributed by atoms with E-state index in [9.17, 15) is 0 Å². The van der Waals surface area contributed by atoms with E-state index in [0.29, 0.717) is 12.0 Å². The molecular weight excluding hydrogens is 278 g/mol. The molecule has 0 unspecified atom stereocenters. The van der Waals surface area contributed by atoms with Gasteiger partial charge in [-0.2, -0.15) is 36.4 Å². The van der Waals surface area contributed by atoms with Crippen LogP contribution < -0.4 is 0 Å². The normalized spacial score (nSPS) is 17.0. The van der Waals surface area contributed by atoms with Crippen LogP contribution in [0.15, 0.2) is 59.6 Å². The van der Waals surface area contributed by atoms with E-state index >= 15 is 0 Å². The van der Waals surface area contributed by atoms with Gasteiger partial charge in [-0.3, -0.25) is 4.99 Å². The van der Waals surface area contributed by atoms with Crippen LogP contribution in [0.1, 0.15) is 19.4 Å². The van der Waals surface area contributed by atoms with Crippen molar-refractivity contribution in [1.82, 2.24) is 0 Å². The number of hydrogen-bond donors (Lipinski definition) is 0. The fourth-order valence-corrected chi connectivity index (χ4v) is 1.73. The van der Waals surface area contributed by atoms with Crippen molar-refractivity contribution in [1.29, 1.82) is 0 Å². The number of rotatable bonds is 2. The Balaban J connectivity index is 0.000000256. The summed E-state index contributed by atoms with van der Waals surface area (Å²) in [5.74, 6) is 1.37. The van der Waals surface area contributed by atoms with Gasteiger partial charge in [0.05, 0.1) is 12.6 Å². The summed E-state index contributed by atoms with van der Waals surface area (Å²) in [7, 11) is 0. The molecule has 1 aliphatic heterocycles. The Morgan fingerprint density at radius 1 is 1.21 bits per heavy atom. The molecule has 19 heavy (non-hydrogen) atoms. The molecule has 3 rings (SSSR count). The first-order valence-electron chi connectivity index (χ1n) is 6.36. The summed E-state index contributed by atoms with van der Waals surface area (Å²) < 4.78 is 5.52. The summed E-state index contributed by atoms with van der Waals surface area (Å²) in [4.78, 5) is 4.52. The summed E-state index contributed by atoms with van der Waals surface area (Å²) in [6, 6.07) is 18.4. The monoisotopic (exact) mass is 297 g/mol. The van der Waals surface area contributed by atoms with Crippen LogP contribution in [0.2, 0.25) is 0 Å². The molecule has 0 saturated carbocycles. The molecule has 1 atom stereocenters. The zero-order valence-corrected chi connectivity index (χ0v) is 12.4. The van der Waals surface area contributed by atoms with Crippen LogP contribution in [0.3, 0.4) is 0 Å². The van der Waals surface area contributed by atoms with Crippen molar-refractivity contribution in [3.05, 3.63) is 60.2 Å². The largest absolute Gasteiger partial charge is 2.00 e. The number of hydrogen-bond acceptors (Lipinski definition) is 2. The summed E-state index contributed by atoms with van der Waals surface area (Å²) >= 11 is 0. The van der Waals surface area contributed by atoms with Crippen molar-refractivity contribution in [2.75, 3.05) is 6.61 Å². The summed E-state index contributed by atoms with van der Waals surface area (Å²) in [6.07, 6.45) is 0. The smallest absolute Gasteiger partial charge is 0.518 e. The molecule has 2 aromatic rings. The van der Waals surface area contributed by atoms with Crippen LogP contribution in [0, 0.1) is 5.92 Å². The number of aliphatic imine (C=N–C) groups is 1. The topological polar surface area (TPSA) is 21.6 Å². The molecule has 0 amide bonds. The fraction of sp³-hybridized carbons (Fsp3) is 0.312. The minimum Gasteiger partial charge on any atom is -0.518 e. The van der Waals surface area contributed by atoms with Crippen LogP contribution in [-0.2, 0) is 21.8 Å². The van der Waals surface area contributed by atoms with Gasteiger partial charge in [-0.25, -0.2) is 12.1 Å². The third-order valence-corrected chi connectivity index (χ3v) is 2.91. The van der Waals surface area contributed by atoms with Gasteiger partial charge >= 0.3 is 17.1 Å². The summed E-state index contributed by atoms with van der Waals surface area (Å²) in [5, 5.41) is 0. The van der Waals surface area contributed by atoms with Crippen LogP contribution in [-0.4, -0.2) is 18.5 Å². The second kappa shape index (κ2) is 7.98. The predicted octanol–water partition coefficient (Wildman–Crippen LogP) is 3.61. The van der Waals surface area contributed by atoms with E-state index in [1.807, 2.05) is 54.6 Å². The van der Waals surface area contributed by atoms with Gasteiger partial charge in [0.15, 0.2) is 0 Å². The molecule has 1 aliphatic rings. The number of ether oxygens (including phenoxy) is 1. The van der Waals surface area contributed by atoms with Crippen LogP contribution >= 0.6 is 0 Å². The Bertz CT molecular complexity index is 440. The van der Waals surface area contributed by atoms with E-state index < -0.39 is 0 Å². The molecule has 2 aromatic carbocycles. The molecular formula is C16H19FeNO. The van der Waals surface area contributed by atoms with Gasteiger partial charge in [0.2, 0.25) is 0 Å². The Morgan fingerprint density at radius 2 is 1.95 bits per heavy atom. The van der Waals surface area contributed by atoms with Crippen LogP contribution in [0.25, 0.3) is 0 Å². The fourth-order valence-electron chi connectivity index (χ4n) is 1.73. The molecule has 102 valence electrons. The standard InChI is InChI=1S/C11H14NO.C5H5.Fe/c1-8(2)10-7-13-11(12-10)9-5-3-4-6-9;1-2-4-5-3-1;/h3-6,8,10H,7H2,1-2H3;1-5H;/q2*-1;+2/t10-;;/m1../s1. The average Bonchev–Trinajstić information content (AvgIpc) is 3.14. The SMILES string of the molecule is CC(C)[C@H]1COC(c2ccc[cH-]2)=N1.[Fe+2].c1cc[cH-]c1. The second-order valence-electron chi connectivity index (χ2n) is 4.69. The summed E-state index contributed by atoms with van der Waals surface area (Å²) in [5.41, 5.74) is 1.10. The molecule has 0 spiro atoms. The molecule has 3 heteroatoms. The molecule has 0 aromatic heterocycles. The second-order valence-corrected chi connectivity index (χ2v) is 4.69. The third kappa shape index (κ3) is 4.70. The van der Waals surface area contributed by atoms with Crippen molar-refractivity contribution in [3.63, 3.8) is 0 Å². The maximum atomic E-state index is 5.52. The average molecular weight is 297 g/mol. The molecule has 2 nitrogen and oxygen atoms in total. The Morgan fingerprint density at radius 3 is 2.37 bits per heavy atom. The van der Waals surface area contributed by atoms with Crippen LogP contribution in [0.5, 0.6) is 0 Å². The Kier molecular flexibility index (Phi) is 6.61. The first kappa shape index (κ1) is 15.7. The van der Waals surface area contributed by atoms with Gasteiger partial charge in [-0.05, 0) is 5.92 Å². The minimum absolute atomic E-state index is 0. The molecule has 0 bridgehead atoms.